The fourth-order valence-corrected chi connectivity index (χ4v) is 5.92. The molecule has 1 heterocycles. The number of hydrogen-bond acceptors (Lipinski definition) is 3. The van der Waals surface area contributed by atoms with Gasteiger partial charge < -0.3 is 15.2 Å². The second-order valence-corrected chi connectivity index (χ2v) is 8.24. The monoisotopic (exact) mass is 386 g/mol. The van der Waals surface area contributed by atoms with Crippen LogP contribution in [0.3, 0.4) is 0 Å². The number of benzene rings is 2. The Morgan fingerprint density at radius 2 is 1.82 bits per heavy atom. The Morgan fingerprint density at radius 3 is 2.57 bits per heavy atom. The van der Waals surface area contributed by atoms with Gasteiger partial charge in [-0.25, -0.2) is 0 Å². The third-order valence-corrected chi connectivity index (χ3v) is 6.91. The van der Waals surface area contributed by atoms with E-state index in [0.29, 0.717) is 23.1 Å². The van der Waals surface area contributed by atoms with E-state index in [-0.39, 0.29) is 23.4 Å². The van der Waals surface area contributed by atoms with E-state index in [1.807, 2.05) is 6.07 Å². The van der Waals surface area contributed by atoms with Crippen molar-refractivity contribution in [2.24, 2.45) is 17.8 Å². The SMILES string of the molecule is O=C([O-])c1cccc2c1N[C@H](c1cccc(C(F)(F)F)c1)[C@H]1[C@@H]3CC[C@@H](C3)[C@@H]21. The maximum absolute atomic E-state index is 13.3. The van der Waals surface area contributed by atoms with Crippen LogP contribution < -0.4 is 10.4 Å². The van der Waals surface area contributed by atoms with Crippen LogP contribution in [0.15, 0.2) is 42.5 Å². The highest BCUT2D eigenvalue weighted by molar-refractivity contribution is 5.94. The zero-order valence-corrected chi connectivity index (χ0v) is 15.0. The van der Waals surface area contributed by atoms with Gasteiger partial charge in [-0.15, -0.1) is 0 Å². The Balaban J connectivity index is 1.65. The zero-order chi connectivity index (χ0) is 19.6. The molecule has 5 rings (SSSR count). The molecule has 5 atom stereocenters. The summed E-state index contributed by atoms with van der Waals surface area (Å²) >= 11 is 0. The molecule has 28 heavy (non-hydrogen) atoms. The van der Waals surface area contributed by atoms with Crippen LogP contribution in [0, 0.1) is 17.8 Å². The van der Waals surface area contributed by atoms with Gasteiger partial charge in [0.15, 0.2) is 0 Å². The Morgan fingerprint density at radius 1 is 1.07 bits per heavy atom. The standard InChI is InChI=1S/C22H20F3NO2/c23-22(24,25)14-4-1-3-13(10-14)19-18-12-8-7-11(9-12)17(18)15-5-2-6-16(21(27)28)20(15)26-19/h1-6,10-12,17-19,26H,7-9H2,(H,27,28)/p-1/t11-,12+,17-,18-,19+/m0/s1. The summed E-state index contributed by atoms with van der Waals surface area (Å²) in [7, 11) is 0. The van der Waals surface area contributed by atoms with E-state index in [9.17, 15) is 23.1 Å². The molecule has 3 aliphatic rings. The van der Waals surface area contributed by atoms with E-state index in [2.05, 4.69) is 5.32 Å². The van der Waals surface area contributed by atoms with Gasteiger partial charge in [-0.1, -0.05) is 30.3 Å². The molecule has 0 spiro atoms. The minimum atomic E-state index is -4.41. The van der Waals surface area contributed by atoms with Gasteiger partial charge in [0.05, 0.1) is 17.6 Å². The number of carboxylic acid groups (broad SMARTS) is 1. The number of aromatic carboxylic acids is 1. The first-order chi connectivity index (χ1) is 13.3. The van der Waals surface area contributed by atoms with Crippen LogP contribution in [0.4, 0.5) is 18.9 Å². The average molecular weight is 386 g/mol. The molecule has 146 valence electrons. The largest absolute Gasteiger partial charge is 0.545 e. The molecule has 6 heteroatoms. The molecule has 1 aliphatic heterocycles. The van der Waals surface area contributed by atoms with Gasteiger partial charge in [0.25, 0.3) is 0 Å². The maximum atomic E-state index is 13.3. The van der Waals surface area contributed by atoms with Crippen molar-refractivity contribution in [2.75, 3.05) is 5.32 Å². The van der Waals surface area contributed by atoms with Crippen LogP contribution >= 0.6 is 0 Å². The molecule has 2 aromatic rings. The molecule has 0 unspecified atom stereocenters. The van der Waals surface area contributed by atoms with E-state index >= 15 is 0 Å². The van der Waals surface area contributed by atoms with Crippen molar-refractivity contribution in [3.8, 4) is 0 Å². The number of fused-ring (bicyclic) bond motifs is 7. The quantitative estimate of drug-likeness (QED) is 0.834. The van der Waals surface area contributed by atoms with Crippen LogP contribution in [0.25, 0.3) is 0 Å². The number of carbonyl (C=O) groups excluding carboxylic acids is 1. The number of hydrogen-bond donors (Lipinski definition) is 1. The maximum Gasteiger partial charge on any atom is 0.416 e. The molecular formula is C22H19F3NO2-. The smallest absolute Gasteiger partial charge is 0.416 e. The lowest BCUT2D eigenvalue weighted by Gasteiger charge is -2.44. The fraction of sp³-hybridized carbons (Fsp3) is 0.409. The van der Waals surface area contributed by atoms with E-state index < -0.39 is 17.7 Å². The van der Waals surface area contributed by atoms with Crippen molar-refractivity contribution in [1.29, 1.82) is 0 Å². The zero-order valence-electron chi connectivity index (χ0n) is 15.0. The molecular weight excluding hydrogens is 367 g/mol. The highest BCUT2D eigenvalue weighted by atomic mass is 19.4. The topological polar surface area (TPSA) is 52.2 Å². The highest BCUT2D eigenvalue weighted by Crippen LogP contribution is 2.64. The van der Waals surface area contributed by atoms with Crippen molar-refractivity contribution >= 4 is 11.7 Å². The normalized spacial score (nSPS) is 30.5. The van der Waals surface area contributed by atoms with Gasteiger partial charge in [-0.05, 0) is 66.2 Å². The lowest BCUT2D eigenvalue weighted by atomic mass is 9.67. The third kappa shape index (κ3) is 2.54. The number of carbonyl (C=O) groups is 1. The summed E-state index contributed by atoms with van der Waals surface area (Å²) < 4.78 is 39.8. The van der Waals surface area contributed by atoms with Gasteiger partial charge in [0.1, 0.15) is 0 Å². The van der Waals surface area contributed by atoms with Gasteiger partial charge in [-0.3, -0.25) is 0 Å². The number of halogens is 3. The number of carboxylic acids is 1. The minimum Gasteiger partial charge on any atom is -0.545 e. The van der Waals surface area contributed by atoms with Gasteiger partial charge >= 0.3 is 6.18 Å². The summed E-state index contributed by atoms with van der Waals surface area (Å²) in [5, 5.41) is 15.0. The minimum absolute atomic E-state index is 0.0794. The molecule has 0 aromatic heterocycles. The second kappa shape index (κ2) is 6.00. The Labute approximate surface area is 160 Å². The van der Waals surface area contributed by atoms with E-state index in [1.165, 1.54) is 18.2 Å². The Kier molecular flexibility index (Phi) is 3.77. The van der Waals surface area contributed by atoms with Crippen molar-refractivity contribution < 1.29 is 23.1 Å². The first-order valence-electron chi connectivity index (χ1n) is 9.62. The molecule has 2 aromatic carbocycles. The van der Waals surface area contributed by atoms with Crippen molar-refractivity contribution in [3.05, 3.63) is 64.7 Å². The molecule has 3 nitrogen and oxygen atoms in total. The first-order valence-corrected chi connectivity index (χ1v) is 9.62. The van der Waals surface area contributed by atoms with Crippen LogP contribution in [-0.4, -0.2) is 5.97 Å². The summed E-state index contributed by atoms with van der Waals surface area (Å²) in [5.41, 5.74) is 1.46. The summed E-state index contributed by atoms with van der Waals surface area (Å²) in [6.07, 6.45) is -1.18. The summed E-state index contributed by atoms with van der Waals surface area (Å²) in [5.74, 6) is -0.0164. The molecule has 2 saturated carbocycles. The number of para-hydroxylation sites is 1. The second-order valence-electron chi connectivity index (χ2n) is 8.24. The van der Waals surface area contributed by atoms with Crippen LogP contribution in [0.2, 0.25) is 0 Å². The molecule has 0 amide bonds. The summed E-state index contributed by atoms with van der Waals surface area (Å²) in [6, 6.07) is 10.3. The van der Waals surface area contributed by atoms with E-state index in [1.54, 1.807) is 12.1 Å². The lowest BCUT2D eigenvalue weighted by Crippen LogP contribution is -2.37. The molecule has 2 aliphatic carbocycles. The highest BCUT2D eigenvalue weighted by Gasteiger charge is 2.54. The number of rotatable bonds is 2. The molecule has 0 saturated heterocycles. The molecule has 2 fully saturated rings. The first kappa shape index (κ1) is 17.6. The molecule has 2 bridgehead atoms. The van der Waals surface area contributed by atoms with Crippen molar-refractivity contribution in [1.82, 2.24) is 0 Å². The average Bonchev–Trinajstić information content (AvgIpc) is 3.28. The Bertz CT molecular complexity index is 955. The van der Waals surface area contributed by atoms with Crippen molar-refractivity contribution in [2.45, 2.75) is 37.4 Å². The molecule has 0 radical (unpaired) electrons. The van der Waals surface area contributed by atoms with Gasteiger partial charge in [-0.2, -0.15) is 13.2 Å². The lowest BCUT2D eigenvalue weighted by molar-refractivity contribution is -0.254. The Hall–Kier alpha value is -2.50. The molecule has 1 N–H and O–H groups in total. The van der Waals surface area contributed by atoms with Crippen LogP contribution in [-0.2, 0) is 6.18 Å². The van der Waals surface area contributed by atoms with Crippen molar-refractivity contribution in [3.63, 3.8) is 0 Å². The predicted octanol–water partition coefficient (Wildman–Crippen LogP) is 4.37. The van der Waals surface area contributed by atoms with E-state index in [0.717, 1.165) is 30.9 Å². The summed E-state index contributed by atoms with van der Waals surface area (Å²) in [4.78, 5) is 11.7. The van der Waals surface area contributed by atoms with Gasteiger partial charge in [0.2, 0.25) is 0 Å². The number of nitrogens with one attached hydrogen (secondary N) is 1. The van der Waals surface area contributed by atoms with Crippen LogP contribution in [0.1, 0.15) is 58.3 Å². The number of anilines is 1. The predicted molar refractivity (Wildman–Crippen MR) is 95.6 cm³/mol. The fourth-order valence-electron chi connectivity index (χ4n) is 5.92. The van der Waals surface area contributed by atoms with Crippen LogP contribution in [0.5, 0.6) is 0 Å². The van der Waals surface area contributed by atoms with Gasteiger partial charge in [0, 0.05) is 11.3 Å². The van der Waals surface area contributed by atoms with E-state index in [4.69, 9.17) is 0 Å². The third-order valence-electron chi connectivity index (χ3n) is 6.91. The number of alkyl halides is 3. The summed E-state index contributed by atoms with van der Waals surface area (Å²) in [6.45, 7) is 0.